The lowest BCUT2D eigenvalue weighted by molar-refractivity contribution is 0.0474. The third-order valence-corrected chi connectivity index (χ3v) is 3.66. The minimum atomic E-state index is -0.514. The Hall–Kier alpha value is -1.72. The van der Waals surface area contributed by atoms with Crippen molar-refractivity contribution in [1.29, 1.82) is 0 Å². The molecule has 2 N–H and O–H groups in total. The van der Waals surface area contributed by atoms with Gasteiger partial charge in [0.15, 0.2) is 0 Å². The van der Waals surface area contributed by atoms with Crippen LogP contribution in [0.1, 0.15) is 15.2 Å². The van der Waals surface area contributed by atoms with Crippen molar-refractivity contribution in [3.8, 4) is 5.75 Å². The van der Waals surface area contributed by atoms with Gasteiger partial charge in [-0.15, -0.1) is 11.3 Å². The molecule has 6 heteroatoms. The van der Waals surface area contributed by atoms with Crippen molar-refractivity contribution < 1.29 is 14.3 Å². The molecule has 0 aliphatic heterocycles. The molecule has 0 spiro atoms. The first-order chi connectivity index (χ1) is 9.11. The van der Waals surface area contributed by atoms with Crippen LogP contribution in [0.4, 0.5) is 5.69 Å². The van der Waals surface area contributed by atoms with Gasteiger partial charge in [0.25, 0.3) is 0 Å². The number of methoxy groups -OCH3 is 1. The number of anilines is 1. The first-order valence-corrected chi connectivity index (χ1v) is 6.65. The van der Waals surface area contributed by atoms with Crippen LogP contribution in [0, 0.1) is 0 Å². The van der Waals surface area contributed by atoms with Crippen LogP contribution < -0.4 is 10.5 Å². The highest BCUT2D eigenvalue weighted by Gasteiger charge is 2.17. The number of benzene rings is 1. The van der Waals surface area contributed by atoms with Crippen molar-refractivity contribution >= 4 is 34.6 Å². The van der Waals surface area contributed by atoms with Gasteiger partial charge < -0.3 is 15.2 Å². The lowest BCUT2D eigenvalue weighted by atomic mass is 10.1. The lowest BCUT2D eigenvalue weighted by Gasteiger charge is -2.10. The molecular weight excluding hydrogens is 286 g/mol. The Balaban J connectivity index is 2.12. The van der Waals surface area contributed by atoms with E-state index in [-0.39, 0.29) is 12.2 Å². The molecule has 0 saturated heterocycles. The Labute approximate surface area is 119 Å². The van der Waals surface area contributed by atoms with E-state index in [4.69, 9.17) is 26.8 Å². The summed E-state index contributed by atoms with van der Waals surface area (Å²) in [4.78, 5) is 12.9. The molecule has 0 saturated carbocycles. The van der Waals surface area contributed by atoms with Gasteiger partial charge in [0.2, 0.25) is 0 Å². The molecule has 0 aliphatic carbocycles. The number of rotatable bonds is 4. The number of ether oxygens (including phenoxy) is 2. The predicted octanol–water partition coefficient (Wildman–Crippen LogP) is 3.35. The molecule has 2 rings (SSSR count). The van der Waals surface area contributed by atoms with E-state index in [0.29, 0.717) is 15.8 Å². The van der Waals surface area contributed by atoms with Crippen LogP contribution in [-0.2, 0) is 11.3 Å². The van der Waals surface area contributed by atoms with Gasteiger partial charge >= 0.3 is 5.97 Å². The number of halogens is 1. The molecule has 0 atom stereocenters. The summed E-state index contributed by atoms with van der Waals surface area (Å²) in [5.74, 6) is -0.117. The summed E-state index contributed by atoms with van der Waals surface area (Å²) in [6.45, 7) is 0.160. The molecule has 0 radical (unpaired) electrons. The molecular formula is C13H12ClNO3S. The summed E-state index contributed by atoms with van der Waals surface area (Å²) in [6.07, 6.45) is 0. The summed E-state index contributed by atoms with van der Waals surface area (Å²) in [7, 11) is 1.48. The van der Waals surface area contributed by atoms with Crippen LogP contribution >= 0.6 is 22.9 Å². The topological polar surface area (TPSA) is 61.5 Å². The maximum absolute atomic E-state index is 12.0. The van der Waals surface area contributed by atoms with Gasteiger partial charge in [0, 0.05) is 10.6 Å². The smallest absolute Gasteiger partial charge is 0.344 e. The van der Waals surface area contributed by atoms with E-state index in [2.05, 4.69) is 0 Å². The number of thiophene rings is 1. The van der Waals surface area contributed by atoms with E-state index in [9.17, 15) is 4.79 Å². The van der Waals surface area contributed by atoms with E-state index >= 15 is 0 Å². The van der Waals surface area contributed by atoms with Crippen molar-refractivity contribution in [3.63, 3.8) is 0 Å². The first-order valence-electron chi connectivity index (χ1n) is 5.45. The van der Waals surface area contributed by atoms with E-state index in [1.807, 2.05) is 6.07 Å². The Morgan fingerprint density at radius 2 is 2.16 bits per heavy atom. The second-order valence-electron chi connectivity index (χ2n) is 3.71. The van der Waals surface area contributed by atoms with Crippen LogP contribution in [0.5, 0.6) is 5.75 Å². The van der Waals surface area contributed by atoms with Gasteiger partial charge in [0.1, 0.15) is 17.9 Å². The summed E-state index contributed by atoms with van der Waals surface area (Å²) >= 11 is 7.17. The summed E-state index contributed by atoms with van der Waals surface area (Å²) in [5, 5.41) is 0. The van der Waals surface area contributed by atoms with E-state index in [1.165, 1.54) is 18.4 Å². The second kappa shape index (κ2) is 5.95. The maximum atomic E-state index is 12.0. The number of carbonyl (C=O) groups excluding carboxylic acids is 1. The molecule has 100 valence electrons. The van der Waals surface area contributed by atoms with Crippen LogP contribution in [0.3, 0.4) is 0 Å². The Bertz CT molecular complexity index is 597. The molecule has 0 amide bonds. The minimum absolute atomic E-state index is 0.160. The summed E-state index contributed by atoms with van der Waals surface area (Å²) in [5.41, 5.74) is 6.34. The number of hydrogen-bond acceptors (Lipinski definition) is 5. The molecule has 19 heavy (non-hydrogen) atoms. The summed E-state index contributed by atoms with van der Waals surface area (Å²) < 4.78 is 11.0. The number of hydrogen-bond donors (Lipinski definition) is 1. The van der Waals surface area contributed by atoms with Crippen molar-refractivity contribution in [3.05, 3.63) is 45.1 Å². The summed E-state index contributed by atoms with van der Waals surface area (Å²) in [6, 6.07) is 8.57. The van der Waals surface area contributed by atoms with Crippen LogP contribution in [0.25, 0.3) is 0 Å². The normalized spacial score (nSPS) is 10.2. The quantitative estimate of drug-likeness (QED) is 0.694. The molecule has 0 bridgehead atoms. The number of nitrogen functional groups attached to an aromatic ring is 1. The third kappa shape index (κ3) is 3.19. The molecule has 2 aromatic rings. The predicted molar refractivity (Wildman–Crippen MR) is 75.9 cm³/mol. The number of carbonyl (C=O) groups is 1. The monoisotopic (exact) mass is 297 g/mol. The minimum Gasteiger partial charge on any atom is -0.496 e. The van der Waals surface area contributed by atoms with E-state index < -0.39 is 5.97 Å². The maximum Gasteiger partial charge on any atom is 0.344 e. The molecule has 1 aromatic heterocycles. The number of esters is 1. The number of nitrogens with two attached hydrogens (primary N) is 1. The van der Waals surface area contributed by atoms with Crippen molar-refractivity contribution in [2.24, 2.45) is 0 Å². The van der Waals surface area contributed by atoms with Crippen molar-refractivity contribution in [1.82, 2.24) is 0 Å². The van der Waals surface area contributed by atoms with Crippen LogP contribution in [0.15, 0.2) is 30.3 Å². The van der Waals surface area contributed by atoms with Gasteiger partial charge in [-0.3, -0.25) is 0 Å². The Morgan fingerprint density at radius 3 is 2.79 bits per heavy atom. The SMILES string of the molecule is COc1cccc(N)c1C(=O)OCc1ccc(Cl)s1. The zero-order valence-electron chi connectivity index (χ0n) is 10.2. The molecule has 0 aliphatic rings. The zero-order valence-corrected chi connectivity index (χ0v) is 11.8. The molecule has 0 unspecified atom stereocenters. The highest BCUT2D eigenvalue weighted by Crippen LogP contribution is 2.26. The lowest BCUT2D eigenvalue weighted by Crippen LogP contribution is -2.09. The van der Waals surface area contributed by atoms with E-state index in [0.717, 1.165) is 4.88 Å². The fourth-order valence-electron chi connectivity index (χ4n) is 1.57. The van der Waals surface area contributed by atoms with Gasteiger partial charge in [-0.05, 0) is 24.3 Å². The van der Waals surface area contributed by atoms with Gasteiger partial charge in [0.05, 0.1) is 11.4 Å². The zero-order chi connectivity index (χ0) is 13.8. The average Bonchev–Trinajstić information content (AvgIpc) is 2.81. The highest BCUT2D eigenvalue weighted by atomic mass is 35.5. The fraction of sp³-hybridized carbons (Fsp3) is 0.154. The Kier molecular flexibility index (Phi) is 4.29. The van der Waals surface area contributed by atoms with Gasteiger partial charge in [-0.1, -0.05) is 17.7 Å². The first kappa shape index (κ1) is 13.7. The van der Waals surface area contributed by atoms with Crippen molar-refractivity contribution in [2.75, 3.05) is 12.8 Å². The van der Waals surface area contributed by atoms with Crippen molar-refractivity contribution in [2.45, 2.75) is 6.61 Å². The standard InChI is InChI=1S/C13H12ClNO3S/c1-17-10-4-2-3-9(15)12(10)13(16)18-7-8-5-6-11(14)19-8/h2-6H,7,15H2,1H3. The fourth-order valence-corrected chi connectivity index (χ4v) is 2.58. The highest BCUT2D eigenvalue weighted by molar-refractivity contribution is 7.16. The molecule has 4 nitrogen and oxygen atoms in total. The van der Waals surface area contributed by atoms with Crippen LogP contribution in [-0.4, -0.2) is 13.1 Å². The largest absolute Gasteiger partial charge is 0.496 e. The second-order valence-corrected chi connectivity index (χ2v) is 5.51. The third-order valence-electron chi connectivity index (χ3n) is 2.46. The average molecular weight is 298 g/mol. The van der Waals surface area contributed by atoms with Crippen LogP contribution in [0.2, 0.25) is 4.34 Å². The molecule has 0 fully saturated rings. The van der Waals surface area contributed by atoms with Gasteiger partial charge in [-0.2, -0.15) is 0 Å². The van der Waals surface area contributed by atoms with E-state index in [1.54, 1.807) is 24.3 Å². The Morgan fingerprint density at radius 1 is 1.37 bits per heavy atom. The molecule has 1 heterocycles. The van der Waals surface area contributed by atoms with Gasteiger partial charge in [-0.25, -0.2) is 4.79 Å². The molecule has 1 aromatic carbocycles.